The lowest BCUT2D eigenvalue weighted by molar-refractivity contribution is 0.0935. The molecule has 0 aliphatic carbocycles. The summed E-state index contributed by atoms with van der Waals surface area (Å²) in [5.41, 5.74) is 2.44. The third-order valence-electron chi connectivity index (χ3n) is 6.33. The number of anilines is 1. The predicted octanol–water partition coefficient (Wildman–Crippen LogP) is 4.38. The van der Waals surface area contributed by atoms with Gasteiger partial charge < -0.3 is 14.8 Å². The molecule has 0 saturated carbocycles. The van der Waals surface area contributed by atoms with E-state index in [1.807, 2.05) is 72.1 Å². The van der Waals surface area contributed by atoms with Gasteiger partial charge in [0.2, 0.25) is 0 Å². The van der Waals surface area contributed by atoms with Gasteiger partial charge in [-0.1, -0.05) is 54.6 Å². The van der Waals surface area contributed by atoms with E-state index in [-0.39, 0.29) is 23.1 Å². The molecule has 7 heteroatoms. The van der Waals surface area contributed by atoms with Crippen LogP contribution in [0.4, 0.5) is 5.69 Å². The number of carbonyl (C=O) groups excluding carboxylic acids is 1. The number of benzene rings is 2. The number of fused-ring (bicyclic) bond motifs is 1. The Bertz CT molecular complexity index is 1410. The summed E-state index contributed by atoms with van der Waals surface area (Å²) in [6.45, 7) is 1.73. The smallest absolute Gasteiger partial charge is 0.271 e. The van der Waals surface area contributed by atoms with Crippen molar-refractivity contribution in [1.29, 1.82) is 5.26 Å². The van der Waals surface area contributed by atoms with E-state index in [0.717, 1.165) is 29.3 Å². The minimum absolute atomic E-state index is 0.0416. The van der Waals surface area contributed by atoms with Crippen LogP contribution in [0.5, 0.6) is 0 Å². The zero-order valence-corrected chi connectivity index (χ0v) is 19.4. The summed E-state index contributed by atoms with van der Waals surface area (Å²) in [4.78, 5) is 28.8. The number of para-hydroxylation sites is 1. The van der Waals surface area contributed by atoms with Gasteiger partial charge in [-0.2, -0.15) is 5.26 Å². The summed E-state index contributed by atoms with van der Waals surface area (Å²) < 4.78 is 1.70. The number of pyridine rings is 1. The lowest BCUT2D eigenvalue weighted by Crippen LogP contribution is -2.45. The first-order valence-corrected chi connectivity index (χ1v) is 12.2. The largest absolute Gasteiger partial charge is 0.370 e. The zero-order chi connectivity index (χ0) is 23.5. The third kappa shape index (κ3) is 4.20. The van der Waals surface area contributed by atoms with E-state index < -0.39 is 0 Å². The molecule has 0 atom stereocenters. The third-order valence-corrected chi connectivity index (χ3v) is 7.20. The van der Waals surface area contributed by atoms with Gasteiger partial charge in [0.05, 0.1) is 22.6 Å². The average Bonchev–Trinajstić information content (AvgIpc) is 3.42. The maximum atomic E-state index is 13.5. The molecule has 1 saturated heterocycles. The number of piperidine rings is 1. The minimum atomic E-state index is -0.270. The number of aromatic nitrogens is 1. The van der Waals surface area contributed by atoms with Crippen molar-refractivity contribution in [3.05, 3.63) is 98.5 Å². The Labute approximate surface area is 201 Å². The number of amides is 1. The first-order valence-electron chi connectivity index (χ1n) is 11.3. The number of hydrogen-bond donors (Lipinski definition) is 1. The molecule has 34 heavy (non-hydrogen) atoms. The van der Waals surface area contributed by atoms with Gasteiger partial charge >= 0.3 is 0 Å². The van der Waals surface area contributed by atoms with Crippen molar-refractivity contribution in [2.24, 2.45) is 0 Å². The van der Waals surface area contributed by atoms with E-state index in [4.69, 9.17) is 0 Å². The lowest BCUT2D eigenvalue weighted by Gasteiger charge is -2.35. The van der Waals surface area contributed by atoms with Crippen molar-refractivity contribution in [2.75, 3.05) is 18.0 Å². The summed E-state index contributed by atoms with van der Waals surface area (Å²) in [6.07, 6.45) is 1.51. The van der Waals surface area contributed by atoms with Crippen LogP contribution in [0.1, 0.15) is 33.6 Å². The summed E-state index contributed by atoms with van der Waals surface area (Å²) in [7, 11) is 0. The quantitative estimate of drug-likeness (QED) is 0.471. The highest BCUT2D eigenvalue weighted by Crippen LogP contribution is 2.31. The van der Waals surface area contributed by atoms with Gasteiger partial charge in [0.15, 0.2) is 0 Å². The molecule has 170 valence electrons. The highest BCUT2D eigenvalue weighted by molar-refractivity contribution is 7.12. The zero-order valence-electron chi connectivity index (χ0n) is 18.6. The van der Waals surface area contributed by atoms with Gasteiger partial charge in [-0.15, -0.1) is 11.3 Å². The minimum Gasteiger partial charge on any atom is -0.370 e. The topological polar surface area (TPSA) is 78.1 Å². The molecule has 2 aromatic heterocycles. The lowest BCUT2D eigenvalue weighted by atomic mass is 10.0. The van der Waals surface area contributed by atoms with Crippen LogP contribution in [0, 0.1) is 11.3 Å². The molecule has 5 rings (SSSR count). The molecular weight excluding hydrogens is 444 g/mol. The van der Waals surface area contributed by atoms with Gasteiger partial charge in [0.25, 0.3) is 11.5 Å². The van der Waals surface area contributed by atoms with Gasteiger partial charge in [0.1, 0.15) is 11.6 Å². The van der Waals surface area contributed by atoms with Gasteiger partial charge in [-0.05, 0) is 35.9 Å². The van der Waals surface area contributed by atoms with Crippen molar-refractivity contribution in [2.45, 2.75) is 25.4 Å². The van der Waals surface area contributed by atoms with Gasteiger partial charge in [-0.3, -0.25) is 9.59 Å². The average molecular weight is 469 g/mol. The maximum Gasteiger partial charge on any atom is 0.271 e. The van der Waals surface area contributed by atoms with Crippen molar-refractivity contribution in [1.82, 2.24) is 9.88 Å². The Morgan fingerprint density at radius 2 is 1.76 bits per heavy atom. The summed E-state index contributed by atoms with van der Waals surface area (Å²) in [6, 6.07) is 23.6. The van der Waals surface area contributed by atoms with Crippen molar-refractivity contribution in [3.63, 3.8) is 0 Å². The molecule has 1 fully saturated rings. The Morgan fingerprint density at radius 3 is 2.47 bits per heavy atom. The van der Waals surface area contributed by atoms with Crippen LogP contribution in [-0.4, -0.2) is 29.6 Å². The summed E-state index contributed by atoms with van der Waals surface area (Å²) in [5, 5.41) is 15.9. The Hall–Kier alpha value is -3.89. The molecule has 1 aliphatic rings. The maximum absolute atomic E-state index is 13.5. The second kappa shape index (κ2) is 9.54. The van der Waals surface area contributed by atoms with E-state index in [1.54, 1.807) is 4.57 Å². The molecule has 1 amide bonds. The number of carbonyl (C=O) groups is 1. The van der Waals surface area contributed by atoms with Crippen LogP contribution in [0.25, 0.3) is 10.9 Å². The van der Waals surface area contributed by atoms with Crippen LogP contribution in [0.3, 0.4) is 0 Å². The highest BCUT2D eigenvalue weighted by atomic mass is 32.1. The number of hydrogen-bond acceptors (Lipinski definition) is 5. The number of thiophene rings is 1. The number of rotatable bonds is 5. The van der Waals surface area contributed by atoms with Crippen LogP contribution < -0.4 is 15.8 Å². The molecule has 0 bridgehead atoms. The van der Waals surface area contributed by atoms with Crippen molar-refractivity contribution >= 4 is 33.8 Å². The fraction of sp³-hybridized carbons (Fsp3) is 0.222. The van der Waals surface area contributed by atoms with E-state index in [0.29, 0.717) is 30.2 Å². The van der Waals surface area contributed by atoms with Gasteiger partial charge in [-0.25, -0.2) is 0 Å². The second-order valence-electron chi connectivity index (χ2n) is 8.44. The molecule has 1 N–H and O–H groups in total. The van der Waals surface area contributed by atoms with Crippen molar-refractivity contribution < 1.29 is 4.79 Å². The standard InChI is InChI=1S/C27H24N4O2S/c28-17-22-25(30-14-12-20(13-15-30)29-26(32)24-11-6-16-34-24)21-9-4-5-10-23(21)31(27(22)33)18-19-7-2-1-3-8-19/h1-11,16,20H,12-15,18H2,(H,29,32). The SMILES string of the molecule is N#Cc1c(N2CCC(NC(=O)c3cccs3)CC2)c2ccccc2n(Cc2ccccc2)c1=O. The van der Waals surface area contributed by atoms with E-state index in [2.05, 4.69) is 16.3 Å². The molecule has 4 aromatic rings. The van der Waals surface area contributed by atoms with E-state index in [1.165, 1.54) is 11.3 Å². The fourth-order valence-corrected chi connectivity index (χ4v) is 5.28. The number of nitrogens with zero attached hydrogens (tertiary/aromatic N) is 3. The molecule has 2 aromatic carbocycles. The summed E-state index contributed by atoms with van der Waals surface area (Å²) in [5.74, 6) is -0.0416. The van der Waals surface area contributed by atoms with Crippen LogP contribution in [0.2, 0.25) is 0 Å². The molecule has 0 spiro atoms. The first kappa shape index (κ1) is 21.9. The predicted molar refractivity (Wildman–Crippen MR) is 135 cm³/mol. The van der Waals surface area contributed by atoms with E-state index in [9.17, 15) is 14.9 Å². The van der Waals surface area contributed by atoms with Crippen LogP contribution in [-0.2, 0) is 6.54 Å². The van der Waals surface area contributed by atoms with E-state index >= 15 is 0 Å². The Balaban J connectivity index is 1.45. The first-order chi connectivity index (χ1) is 16.7. The van der Waals surface area contributed by atoms with Crippen molar-refractivity contribution in [3.8, 4) is 6.07 Å². The Kier molecular flexibility index (Phi) is 6.15. The number of nitriles is 1. The van der Waals surface area contributed by atoms with Crippen LogP contribution >= 0.6 is 11.3 Å². The van der Waals surface area contributed by atoms with Gasteiger partial charge in [0, 0.05) is 24.5 Å². The summed E-state index contributed by atoms with van der Waals surface area (Å²) >= 11 is 1.43. The monoisotopic (exact) mass is 468 g/mol. The normalized spacial score (nSPS) is 14.1. The fourth-order valence-electron chi connectivity index (χ4n) is 4.65. The molecular formula is C27H24N4O2S. The molecule has 6 nitrogen and oxygen atoms in total. The van der Waals surface area contributed by atoms with Crippen LogP contribution in [0.15, 0.2) is 76.9 Å². The number of nitrogens with one attached hydrogen (secondary N) is 1. The highest BCUT2D eigenvalue weighted by Gasteiger charge is 2.26. The second-order valence-corrected chi connectivity index (χ2v) is 9.39. The molecule has 0 unspecified atom stereocenters. The molecule has 0 radical (unpaired) electrons. The molecule has 3 heterocycles. The molecule has 1 aliphatic heterocycles. The Morgan fingerprint density at radius 1 is 1.03 bits per heavy atom.